The van der Waals surface area contributed by atoms with E-state index in [0.29, 0.717) is 0 Å². The molecule has 0 aliphatic heterocycles. The van der Waals surface area contributed by atoms with E-state index in [-0.39, 0.29) is 0 Å². The quantitative estimate of drug-likeness (QED) is 0.791. The molecule has 7 heteroatoms. The lowest BCUT2D eigenvalue weighted by atomic mass is 10.1. The van der Waals surface area contributed by atoms with Crippen molar-refractivity contribution in [1.82, 2.24) is 4.98 Å². The summed E-state index contributed by atoms with van der Waals surface area (Å²) >= 11 is 5.02. The molecule has 0 atom stereocenters. The Balaban J connectivity index is 3.60. The molecule has 0 fully saturated rings. The maximum absolute atomic E-state index is 12.5. The molecule has 1 rings (SSSR count). The van der Waals surface area contributed by atoms with E-state index in [2.05, 4.69) is 4.98 Å². The summed E-state index contributed by atoms with van der Waals surface area (Å²) in [7, 11) is 0. The first-order valence-electron chi connectivity index (χ1n) is 3.59. The van der Waals surface area contributed by atoms with Crippen LogP contribution in [0.1, 0.15) is 28.0 Å². The van der Waals surface area contributed by atoms with Crippen molar-refractivity contribution < 1.29 is 18.7 Å². The highest BCUT2D eigenvalue weighted by molar-refractivity contribution is 6.68. The van der Waals surface area contributed by atoms with Crippen molar-refractivity contribution >= 4 is 16.8 Å². The third-order valence-electron chi connectivity index (χ3n) is 1.62. The van der Waals surface area contributed by atoms with Gasteiger partial charge in [0.05, 0.1) is 17.3 Å². The highest BCUT2D eigenvalue weighted by atomic mass is 35.5. The molecule has 0 saturated heterocycles. The zero-order valence-electron chi connectivity index (χ0n) is 7.04. The zero-order chi connectivity index (χ0) is 11.6. The normalized spacial score (nSPS) is 10.1. The Kier molecular flexibility index (Phi) is 3.17. The molecule has 0 aliphatic carbocycles. The van der Waals surface area contributed by atoms with Crippen LogP contribution in [0.5, 0.6) is 5.75 Å². The lowest BCUT2D eigenvalue weighted by Crippen LogP contribution is -2.04. The molecule has 0 bridgehead atoms. The monoisotopic (exact) mass is 232 g/mol. The highest BCUT2D eigenvalue weighted by Gasteiger charge is 2.25. The van der Waals surface area contributed by atoms with Gasteiger partial charge in [-0.3, -0.25) is 4.79 Å². The van der Waals surface area contributed by atoms with Crippen LogP contribution in [0.3, 0.4) is 0 Å². The number of hydrogen-bond donors (Lipinski definition) is 1. The van der Waals surface area contributed by atoms with Crippen molar-refractivity contribution in [1.29, 1.82) is 5.26 Å². The van der Waals surface area contributed by atoms with E-state index in [0.717, 1.165) is 6.20 Å². The Morgan fingerprint density at radius 2 is 2.27 bits per heavy atom. The molecule has 15 heavy (non-hydrogen) atoms. The summed E-state index contributed by atoms with van der Waals surface area (Å²) < 4.78 is 25.0. The van der Waals surface area contributed by atoms with E-state index in [1.165, 1.54) is 6.07 Å². The second-order valence-electron chi connectivity index (χ2n) is 2.47. The van der Waals surface area contributed by atoms with E-state index in [1.54, 1.807) is 0 Å². The summed E-state index contributed by atoms with van der Waals surface area (Å²) in [6, 6.07) is 1.39. The van der Waals surface area contributed by atoms with Crippen LogP contribution in [0, 0.1) is 11.3 Å². The van der Waals surface area contributed by atoms with Crippen molar-refractivity contribution in [2.45, 2.75) is 6.43 Å². The summed E-state index contributed by atoms with van der Waals surface area (Å²) in [5, 5.41) is 16.3. The fourth-order valence-corrected chi connectivity index (χ4v) is 1.22. The van der Waals surface area contributed by atoms with Crippen LogP contribution in [0.25, 0.3) is 0 Å². The van der Waals surface area contributed by atoms with E-state index >= 15 is 0 Å². The minimum atomic E-state index is -3.11. The number of nitrogens with zero attached hydrogens (tertiary/aromatic N) is 2. The SMILES string of the molecule is N#Cc1ncc(O)c(C(=O)Cl)c1C(F)F. The number of aromatic hydroxyl groups is 1. The Bertz CT molecular complexity index is 457. The van der Waals surface area contributed by atoms with Gasteiger partial charge < -0.3 is 5.11 Å². The maximum Gasteiger partial charge on any atom is 0.267 e. The van der Waals surface area contributed by atoms with Gasteiger partial charge in [-0.05, 0) is 11.6 Å². The first-order valence-corrected chi connectivity index (χ1v) is 3.96. The Labute approximate surface area is 87.7 Å². The number of aromatic nitrogens is 1. The largest absolute Gasteiger partial charge is 0.506 e. The van der Waals surface area contributed by atoms with Gasteiger partial charge in [-0.25, -0.2) is 13.8 Å². The minimum absolute atomic E-state index is 0.633. The summed E-state index contributed by atoms with van der Waals surface area (Å²) in [5.41, 5.74) is -2.36. The summed E-state index contributed by atoms with van der Waals surface area (Å²) in [6.07, 6.45) is -2.39. The van der Waals surface area contributed by atoms with Crippen LogP contribution in [0.4, 0.5) is 8.78 Å². The third-order valence-corrected chi connectivity index (χ3v) is 1.81. The number of carbonyl (C=O) groups excluding carboxylic acids is 1. The molecule has 0 aromatic carbocycles. The lowest BCUT2D eigenvalue weighted by Gasteiger charge is -2.07. The van der Waals surface area contributed by atoms with Crippen molar-refractivity contribution in [3.8, 4) is 11.8 Å². The van der Waals surface area contributed by atoms with Gasteiger partial charge in [0.2, 0.25) is 0 Å². The van der Waals surface area contributed by atoms with Crippen molar-refractivity contribution in [2.75, 3.05) is 0 Å². The van der Waals surface area contributed by atoms with Crippen LogP contribution in [-0.2, 0) is 0 Å². The van der Waals surface area contributed by atoms with Gasteiger partial charge in [0, 0.05) is 0 Å². The lowest BCUT2D eigenvalue weighted by molar-refractivity contribution is 0.106. The van der Waals surface area contributed by atoms with Gasteiger partial charge in [0.15, 0.2) is 0 Å². The molecule has 78 valence electrons. The van der Waals surface area contributed by atoms with Crippen LogP contribution in [-0.4, -0.2) is 15.3 Å². The average Bonchev–Trinajstić information content (AvgIpc) is 2.16. The van der Waals surface area contributed by atoms with Gasteiger partial charge in [0.25, 0.3) is 11.7 Å². The van der Waals surface area contributed by atoms with Crippen LogP contribution >= 0.6 is 11.6 Å². The van der Waals surface area contributed by atoms with Gasteiger partial charge in [-0.1, -0.05) is 0 Å². The molecule has 1 aromatic heterocycles. The Morgan fingerprint density at radius 1 is 1.67 bits per heavy atom. The number of alkyl halides is 2. The smallest absolute Gasteiger partial charge is 0.267 e. The molecule has 0 radical (unpaired) electrons. The number of nitriles is 1. The molecule has 0 unspecified atom stereocenters. The third kappa shape index (κ3) is 2.02. The van der Waals surface area contributed by atoms with E-state index < -0.39 is 34.2 Å². The first kappa shape index (κ1) is 11.3. The molecule has 1 aromatic rings. The van der Waals surface area contributed by atoms with Crippen molar-refractivity contribution in [3.63, 3.8) is 0 Å². The topological polar surface area (TPSA) is 74.0 Å². The maximum atomic E-state index is 12.5. The molecule has 0 spiro atoms. The molecular formula is C8H3ClF2N2O2. The van der Waals surface area contributed by atoms with Crippen LogP contribution in [0.2, 0.25) is 0 Å². The predicted molar refractivity (Wildman–Crippen MR) is 45.8 cm³/mol. The molecule has 1 N–H and O–H groups in total. The predicted octanol–water partition coefficient (Wildman–Crippen LogP) is 1.98. The summed E-state index contributed by atoms with van der Waals surface area (Å²) in [4.78, 5) is 14.1. The fraction of sp³-hybridized carbons (Fsp3) is 0.125. The first-order chi connectivity index (χ1) is 6.99. The van der Waals surface area contributed by atoms with Crippen molar-refractivity contribution in [2.24, 2.45) is 0 Å². The van der Waals surface area contributed by atoms with Gasteiger partial charge in [-0.2, -0.15) is 5.26 Å². The van der Waals surface area contributed by atoms with Gasteiger partial charge in [-0.15, -0.1) is 0 Å². The highest BCUT2D eigenvalue weighted by Crippen LogP contribution is 2.31. The summed E-state index contributed by atoms with van der Waals surface area (Å²) in [6.45, 7) is 0. The molecule has 0 amide bonds. The van der Waals surface area contributed by atoms with Crippen LogP contribution in [0.15, 0.2) is 6.20 Å². The summed E-state index contributed by atoms with van der Waals surface area (Å²) in [5.74, 6) is -0.774. The molecule has 1 heterocycles. The van der Waals surface area contributed by atoms with E-state index in [1.807, 2.05) is 0 Å². The number of carbonyl (C=O) groups is 1. The Morgan fingerprint density at radius 3 is 2.67 bits per heavy atom. The molecule has 0 saturated carbocycles. The van der Waals surface area contributed by atoms with E-state index in [4.69, 9.17) is 22.0 Å². The van der Waals surface area contributed by atoms with Crippen LogP contribution < -0.4 is 0 Å². The minimum Gasteiger partial charge on any atom is -0.506 e. The van der Waals surface area contributed by atoms with Gasteiger partial charge in [0.1, 0.15) is 17.5 Å². The number of rotatable bonds is 2. The molecule has 0 aliphatic rings. The molecular weight excluding hydrogens is 230 g/mol. The molecule has 4 nitrogen and oxygen atoms in total. The number of hydrogen-bond acceptors (Lipinski definition) is 4. The average molecular weight is 233 g/mol. The fourth-order valence-electron chi connectivity index (χ4n) is 1.02. The standard InChI is InChI=1S/C8H3ClF2N2O2/c9-7(15)6-4(14)2-13-3(1-12)5(6)8(10)11/h2,8,14H. The van der Waals surface area contributed by atoms with E-state index in [9.17, 15) is 13.6 Å². The number of pyridine rings is 1. The number of halogens is 3. The Hall–Kier alpha value is -1.74. The second-order valence-corrected chi connectivity index (χ2v) is 2.81. The second kappa shape index (κ2) is 4.19. The zero-order valence-corrected chi connectivity index (χ0v) is 7.79. The van der Waals surface area contributed by atoms with Gasteiger partial charge >= 0.3 is 0 Å². The van der Waals surface area contributed by atoms with Crippen molar-refractivity contribution in [3.05, 3.63) is 23.0 Å².